The van der Waals surface area contributed by atoms with Crippen LogP contribution in [0.5, 0.6) is 0 Å². The van der Waals surface area contributed by atoms with Crippen LogP contribution in [0.2, 0.25) is 0 Å². The fourth-order valence-corrected chi connectivity index (χ4v) is 2.06. The van der Waals surface area contributed by atoms with Gasteiger partial charge in [-0.05, 0) is 37.3 Å². The molecule has 0 aliphatic heterocycles. The second-order valence-electron chi connectivity index (χ2n) is 5.12. The Bertz CT molecular complexity index is 826. The molecule has 0 saturated heterocycles. The third kappa shape index (κ3) is 3.83. The molecule has 3 amide bonds. The topological polar surface area (TPSA) is 132 Å². The Balaban J connectivity index is 2.35. The van der Waals surface area contributed by atoms with Crippen LogP contribution in [0.15, 0.2) is 42.5 Å². The molecule has 7 heteroatoms. The van der Waals surface area contributed by atoms with E-state index < -0.39 is 17.7 Å². The van der Waals surface area contributed by atoms with Crippen LogP contribution in [-0.4, -0.2) is 23.5 Å². The third-order valence-corrected chi connectivity index (χ3v) is 3.29. The van der Waals surface area contributed by atoms with Crippen molar-refractivity contribution in [1.82, 2.24) is 0 Å². The van der Waals surface area contributed by atoms with Gasteiger partial charge in [0.2, 0.25) is 11.8 Å². The first-order valence-electron chi connectivity index (χ1n) is 6.95. The summed E-state index contributed by atoms with van der Waals surface area (Å²) in [5, 5.41) is 2.59. The highest BCUT2D eigenvalue weighted by Crippen LogP contribution is 2.15. The van der Waals surface area contributed by atoms with Gasteiger partial charge >= 0.3 is 0 Å². The van der Waals surface area contributed by atoms with Crippen molar-refractivity contribution in [3.63, 3.8) is 0 Å². The summed E-state index contributed by atoms with van der Waals surface area (Å²) in [6.07, 6.45) is 0. The molecule has 0 saturated carbocycles. The van der Waals surface area contributed by atoms with Crippen LogP contribution in [0.25, 0.3) is 0 Å². The van der Waals surface area contributed by atoms with Gasteiger partial charge in [-0.25, -0.2) is 0 Å². The van der Waals surface area contributed by atoms with Crippen LogP contribution >= 0.6 is 0 Å². The summed E-state index contributed by atoms with van der Waals surface area (Å²) in [5.74, 6) is -2.28. The number of carbonyl (C=O) groups is 4. The van der Waals surface area contributed by atoms with E-state index in [1.807, 2.05) is 0 Å². The van der Waals surface area contributed by atoms with E-state index in [2.05, 4.69) is 5.32 Å². The Labute approximate surface area is 137 Å². The standard InChI is InChI=1S/C17H15N3O4/c1-9(21)10-3-2-4-14(8-10)20-17(24)13-6-11(15(18)22)5-12(7-13)16(19)23/h2-8H,1H3,(H2,18,22)(H2,19,23)(H,20,24). The maximum Gasteiger partial charge on any atom is 0.255 e. The number of benzene rings is 2. The summed E-state index contributed by atoms with van der Waals surface area (Å²) in [6.45, 7) is 1.41. The minimum Gasteiger partial charge on any atom is -0.366 e. The first-order chi connectivity index (χ1) is 11.3. The first-order valence-corrected chi connectivity index (χ1v) is 6.95. The summed E-state index contributed by atoms with van der Waals surface area (Å²) < 4.78 is 0. The molecule has 5 N–H and O–H groups in total. The highest BCUT2D eigenvalue weighted by atomic mass is 16.2. The molecule has 0 spiro atoms. The number of carbonyl (C=O) groups excluding carboxylic acids is 4. The number of rotatable bonds is 5. The number of Topliss-reactive ketones (excluding diaryl/α,β-unsaturated/α-hetero) is 1. The summed E-state index contributed by atoms with van der Waals surface area (Å²) in [7, 11) is 0. The normalized spacial score (nSPS) is 10.0. The lowest BCUT2D eigenvalue weighted by atomic mass is 10.0. The molecule has 2 aromatic rings. The summed E-state index contributed by atoms with van der Waals surface area (Å²) in [5.41, 5.74) is 11.3. The molecule has 0 radical (unpaired) electrons. The van der Waals surface area contributed by atoms with Crippen LogP contribution in [-0.2, 0) is 0 Å². The summed E-state index contributed by atoms with van der Waals surface area (Å²) >= 11 is 0. The monoisotopic (exact) mass is 325 g/mol. The predicted octanol–water partition coefficient (Wildman–Crippen LogP) is 1.34. The van der Waals surface area contributed by atoms with Crippen LogP contribution in [0.1, 0.15) is 48.4 Å². The lowest BCUT2D eigenvalue weighted by Gasteiger charge is -2.08. The number of primary amides is 2. The molecule has 0 atom stereocenters. The minimum atomic E-state index is -0.786. The molecule has 0 bridgehead atoms. The maximum atomic E-state index is 12.3. The second-order valence-corrected chi connectivity index (χ2v) is 5.12. The van der Waals surface area contributed by atoms with Gasteiger partial charge in [0.15, 0.2) is 5.78 Å². The first kappa shape index (κ1) is 16.9. The molecule has 0 aromatic heterocycles. The van der Waals surface area contributed by atoms with Gasteiger partial charge in [0.25, 0.3) is 5.91 Å². The van der Waals surface area contributed by atoms with E-state index in [-0.39, 0.29) is 22.5 Å². The minimum absolute atomic E-state index is 0.00561. The van der Waals surface area contributed by atoms with Crippen LogP contribution < -0.4 is 16.8 Å². The van der Waals surface area contributed by atoms with Crippen molar-refractivity contribution in [2.45, 2.75) is 6.92 Å². The van der Waals surface area contributed by atoms with Crippen molar-refractivity contribution in [3.05, 3.63) is 64.7 Å². The highest BCUT2D eigenvalue weighted by molar-refractivity contribution is 6.08. The molecule has 122 valence electrons. The van der Waals surface area contributed by atoms with Crippen molar-refractivity contribution in [1.29, 1.82) is 0 Å². The average molecular weight is 325 g/mol. The Kier molecular flexibility index (Phi) is 4.74. The molecule has 2 rings (SSSR count). The zero-order valence-electron chi connectivity index (χ0n) is 12.8. The van der Waals surface area contributed by atoms with Gasteiger partial charge in [0.05, 0.1) is 0 Å². The molecular weight excluding hydrogens is 310 g/mol. The van der Waals surface area contributed by atoms with E-state index in [1.54, 1.807) is 18.2 Å². The van der Waals surface area contributed by atoms with Crippen LogP contribution in [0.3, 0.4) is 0 Å². The zero-order valence-corrected chi connectivity index (χ0v) is 12.8. The van der Waals surface area contributed by atoms with E-state index in [0.29, 0.717) is 11.3 Å². The quantitative estimate of drug-likeness (QED) is 0.715. The molecule has 0 fully saturated rings. The third-order valence-electron chi connectivity index (χ3n) is 3.29. The van der Waals surface area contributed by atoms with Crippen LogP contribution in [0, 0.1) is 0 Å². The van der Waals surface area contributed by atoms with Gasteiger partial charge in [0.1, 0.15) is 0 Å². The average Bonchev–Trinajstić information content (AvgIpc) is 2.54. The van der Waals surface area contributed by atoms with Gasteiger partial charge in [-0.1, -0.05) is 12.1 Å². The molecule has 24 heavy (non-hydrogen) atoms. The zero-order chi connectivity index (χ0) is 17.9. The fraction of sp³-hybridized carbons (Fsp3) is 0.0588. The van der Waals surface area contributed by atoms with Crippen molar-refractivity contribution in [2.75, 3.05) is 5.32 Å². The Morgan fingerprint density at radius 2 is 1.33 bits per heavy atom. The molecular formula is C17H15N3O4. The number of ketones is 1. The van der Waals surface area contributed by atoms with Crippen molar-refractivity contribution >= 4 is 29.2 Å². The highest BCUT2D eigenvalue weighted by Gasteiger charge is 2.14. The molecule has 0 aliphatic carbocycles. The van der Waals surface area contributed by atoms with Crippen molar-refractivity contribution in [2.24, 2.45) is 11.5 Å². The van der Waals surface area contributed by atoms with Crippen molar-refractivity contribution < 1.29 is 19.2 Å². The molecule has 7 nitrogen and oxygen atoms in total. The van der Waals surface area contributed by atoms with E-state index in [0.717, 1.165) is 0 Å². The van der Waals surface area contributed by atoms with Gasteiger partial charge in [-0.2, -0.15) is 0 Å². The van der Waals surface area contributed by atoms with Crippen LogP contribution in [0.4, 0.5) is 5.69 Å². The number of amides is 3. The van der Waals surface area contributed by atoms with Gasteiger partial charge < -0.3 is 16.8 Å². The number of hydrogen-bond acceptors (Lipinski definition) is 4. The Hall–Kier alpha value is -3.48. The van der Waals surface area contributed by atoms with E-state index in [1.165, 1.54) is 31.2 Å². The van der Waals surface area contributed by atoms with Gasteiger partial charge in [0, 0.05) is 27.9 Å². The smallest absolute Gasteiger partial charge is 0.255 e. The number of hydrogen-bond donors (Lipinski definition) is 3. The SMILES string of the molecule is CC(=O)c1cccc(NC(=O)c2cc(C(N)=O)cc(C(N)=O)c2)c1. The molecule has 0 unspecified atom stereocenters. The summed E-state index contributed by atoms with van der Waals surface area (Å²) in [4.78, 5) is 46.4. The number of nitrogens with one attached hydrogen (secondary N) is 1. The second kappa shape index (κ2) is 6.74. The Morgan fingerprint density at radius 1 is 0.792 bits per heavy atom. The molecule has 0 heterocycles. The molecule has 2 aromatic carbocycles. The largest absolute Gasteiger partial charge is 0.366 e. The lowest BCUT2D eigenvalue weighted by Crippen LogP contribution is -2.19. The number of nitrogens with two attached hydrogens (primary N) is 2. The van der Waals surface area contributed by atoms with E-state index in [4.69, 9.17) is 11.5 Å². The van der Waals surface area contributed by atoms with E-state index >= 15 is 0 Å². The van der Waals surface area contributed by atoms with Gasteiger partial charge in [-0.15, -0.1) is 0 Å². The lowest BCUT2D eigenvalue weighted by molar-refractivity contribution is 0.0993. The summed E-state index contributed by atoms with van der Waals surface area (Å²) in [6, 6.07) is 10.1. The van der Waals surface area contributed by atoms with Crippen molar-refractivity contribution in [3.8, 4) is 0 Å². The maximum absolute atomic E-state index is 12.3. The fourth-order valence-electron chi connectivity index (χ4n) is 2.06. The Morgan fingerprint density at radius 3 is 1.83 bits per heavy atom. The predicted molar refractivity (Wildman–Crippen MR) is 87.9 cm³/mol. The number of anilines is 1. The van der Waals surface area contributed by atoms with Gasteiger partial charge in [-0.3, -0.25) is 19.2 Å². The molecule has 0 aliphatic rings. The van der Waals surface area contributed by atoms with E-state index in [9.17, 15) is 19.2 Å².